The molecule has 1 aliphatic carbocycles. The third-order valence-corrected chi connectivity index (χ3v) is 6.90. The number of nitrogens with one attached hydrogen (secondary N) is 3. The number of hydrogen-bond donors (Lipinski definition) is 4. The van der Waals surface area contributed by atoms with Crippen LogP contribution in [0.2, 0.25) is 0 Å². The highest BCUT2D eigenvalue weighted by atomic mass is 31.0. The molecule has 5 N–H and O–H groups in total. The second kappa shape index (κ2) is 13.5. The Kier molecular flexibility index (Phi) is 10.4. The third kappa shape index (κ3) is 8.15. The maximum absolute atomic E-state index is 7.32. The summed E-state index contributed by atoms with van der Waals surface area (Å²) in [6.45, 7) is 5.94. The number of piperidine rings is 1. The third-order valence-electron chi connectivity index (χ3n) is 6.30. The smallest absolute Gasteiger partial charge is 0.224 e. The van der Waals surface area contributed by atoms with E-state index in [1.807, 2.05) is 31.2 Å². The minimum Gasteiger partial charge on any atom is -0.494 e. The first kappa shape index (κ1) is 26.3. The fraction of sp³-hybridized carbons (Fsp3) is 0.583. The molecule has 0 spiro atoms. The van der Waals surface area contributed by atoms with Crippen molar-refractivity contribution in [1.82, 2.24) is 14.9 Å². The first-order valence-corrected chi connectivity index (χ1v) is 12.8. The first-order chi connectivity index (χ1) is 16.5. The maximum atomic E-state index is 7.32. The van der Waals surface area contributed by atoms with Gasteiger partial charge < -0.3 is 26.0 Å². The van der Waals surface area contributed by atoms with Crippen molar-refractivity contribution in [2.45, 2.75) is 50.7 Å². The van der Waals surface area contributed by atoms with Crippen LogP contribution in [0.15, 0.2) is 35.6 Å². The van der Waals surface area contributed by atoms with Gasteiger partial charge in [-0.3, -0.25) is 0 Å². The number of ether oxygens (including phenoxy) is 1. The van der Waals surface area contributed by atoms with Crippen LogP contribution in [0.5, 0.6) is 5.75 Å². The lowest BCUT2D eigenvalue weighted by molar-refractivity contribution is 0.223. The Morgan fingerprint density at radius 3 is 2.53 bits per heavy atom. The van der Waals surface area contributed by atoms with Crippen LogP contribution >= 0.6 is 9.24 Å². The van der Waals surface area contributed by atoms with Gasteiger partial charge in [-0.05, 0) is 102 Å². The van der Waals surface area contributed by atoms with Crippen LogP contribution in [0.1, 0.15) is 39.0 Å². The van der Waals surface area contributed by atoms with E-state index >= 15 is 0 Å². The highest BCUT2D eigenvalue weighted by molar-refractivity contribution is 7.17. The van der Waals surface area contributed by atoms with Gasteiger partial charge in [-0.25, -0.2) is 10.5 Å². The summed E-state index contributed by atoms with van der Waals surface area (Å²) >= 11 is 0. The molecule has 34 heavy (non-hydrogen) atoms. The minimum atomic E-state index is 0.389. The van der Waals surface area contributed by atoms with Gasteiger partial charge in [0.25, 0.3) is 0 Å². The zero-order valence-electron chi connectivity index (χ0n) is 20.3. The molecule has 186 valence electrons. The van der Waals surface area contributed by atoms with E-state index in [9.17, 15) is 0 Å². The van der Waals surface area contributed by atoms with Crippen LogP contribution in [-0.2, 0) is 0 Å². The average Bonchev–Trinajstić information content (AvgIpc) is 3.26. The van der Waals surface area contributed by atoms with Gasteiger partial charge in [0.1, 0.15) is 11.4 Å². The number of rotatable bonds is 8. The minimum absolute atomic E-state index is 0.389. The van der Waals surface area contributed by atoms with Gasteiger partial charge >= 0.3 is 0 Å². The largest absolute Gasteiger partial charge is 0.494 e. The number of nitrogens with zero attached hydrogens (tertiary/aromatic N) is 4. The molecule has 0 bridgehead atoms. The SMILES string of the molecule is CCOc1ccc(Nc2nc(NC3CC[C@@H](P)C3)ncc2N=N)cc1.CN1CCC(CN)CC1. The zero-order valence-corrected chi connectivity index (χ0v) is 21.5. The molecular weight excluding hydrogens is 447 g/mol. The number of aromatic nitrogens is 2. The van der Waals surface area contributed by atoms with Crippen molar-refractivity contribution in [2.75, 3.05) is 43.9 Å². The lowest BCUT2D eigenvalue weighted by Gasteiger charge is -2.27. The molecule has 1 aromatic carbocycles. The van der Waals surface area contributed by atoms with Crippen molar-refractivity contribution < 1.29 is 4.74 Å². The Bertz CT molecular complexity index is 889. The van der Waals surface area contributed by atoms with E-state index in [-0.39, 0.29) is 0 Å². The van der Waals surface area contributed by atoms with Gasteiger partial charge in [-0.2, -0.15) is 10.1 Å². The first-order valence-electron chi connectivity index (χ1n) is 12.2. The van der Waals surface area contributed by atoms with Crippen molar-refractivity contribution in [1.29, 1.82) is 5.53 Å². The number of hydrogen-bond acceptors (Lipinski definition) is 9. The Hall–Kier alpha value is -2.35. The van der Waals surface area contributed by atoms with Crippen LogP contribution in [0.3, 0.4) is 0 Å². The van der Waals surface area contributed by atoms with Gasteiger partial charge in [0.05, 0.1) is 12.8 Å². The second-order valence-corrected chi connectivity index (χ2v) is 9.96. The van der Waals surface area contributed by atoms with E-state index in [0.717, 1.165) is 36.7 Å². The van der Waals surface area contributed by atoms with E-state index < -0.39 is 0 Å². The number of benzene rings is 1. The quantitative estimate of drug-likeness (QED) is 0.313. The summed E-state index contributed by atoms with van der Waals surface area (Å²) in [4.78, 5) is 11.1. The van der Waals surface area contributed by atoms with E-state index in [2.05, 4.69) is 46.9 Å². The van der Waals surface area contributed by atoms with Crippen molar-refractivity contribution in [3.8, 4) is 5.75 Å². The molecule has 2 fully saturated rings. The Morgan fingerprint density at radius 2 is 1.94 bits per heavy atom. The van der Waals surface area contributed by atoms with Crippen molar-refractivity contribution in [2.24, 2.45) is 16.8 Å². The number of anilines is 3. The van der Waals surface area contributed by atoms with E-state index in [4.69, 9.17) is 16.0 Å². The van der Waals surface area contributed by atoms with Crippen LogP contribution in [0, 0.1) is 11.4 Å². The van der Waals surface area contributed by atoms with Crippen molar-refractivity contribution in [3.63, 3.8) is 0 Å². The summed E-state index contributed by atoms with van der Waals surface area (Å²) < 4.78 is 5.44. The highest BCUT2D eigenvalue weighted by Gasteiger charge is 2.22. The fourth-order valence-electron chi connectivity index (χ4n) is 4.18. The van der Waals surface area contributed by atoms with Gasteiger partial charge in [0.15, 0.2) is 5.82 Å². The van der Waals surface area contributed by atoms with Crippen LogP contribution in [0.25, 0.3) is 0 Å². The fourth-order valence-corrected chi connectivity index (χ4v) is 4.71. The van der Waals surface area contributed by atoms with Crippen molar-refractivity contribution >= 4 is 32.4 Å². The Labute approximate surface area is 205 Å². The van der Waals surface area contributed by atoms with Crippen LogP contribution < -0.4 is 21.1 Å². The predicted molar refractivity (Wildman–Crippen MR) is 142 cm³/mol. The van der Waals surface area contributed by atoms with E-state index in [1.165, 1.54) is 32.4 Å². The summed E-state index contributed by atoms with van der Waals surface area (Å²) in [6, 6.07) is 7.98. The van der Waals surface area contributed by atoms with Crippen LogP contribution in [-0.4, -0.2) is 59.9 Å². The van der Waals surface area contributed by atoms with Gasteiger partial charge in [0, 0.05) is 11.7 Å². The molecule has 0 radical (unpaired) electrons. The molecule has 3 atom stereocenters. The number of likely N-dealkylation sites (tertiary alicyclic amines) is 1. The topological polar surface area (TPSA) is 125 Å². The van der Waals surface area contributed by atoms with Gasteiger partial charge in [-0.1, -0.05) is 0 Å². The molecule has 1 saturated heterocycles. The molecule has 1 aromatic heterocycles. The molecule has 9 nitrogen and oxygen atoms in total. The molecular formula is C24H39N8OP. The molecule has 1 aliphatic heterocycles. The monoisotopic (exact) mass is 486 g/mol. The van der Waals surface area contributed by atoms with Crippen molar-refractivity contribution in [3.05, 3.63) is 30.5 Å². The van der Waals surface area contributed by atoms with E-state index in [1.54, 1.807) is 6.20 Å². The summed E-state index contributed by atoms with van der Waals surface area (Å²) in [5.41, 5.74) is 14.8. The van der Waals surface area contributed by atoms with Gasteiger partial charge in [-0.15, -0.1) is 9.24 Å². The second-order valence-electron chi connectivity index (χ2n) is 9.02. The van der Waals surface area contributed by atoms with Crippen LogP contribution in [0.4, 0.5) is 23.1 Å². The summed E-state index contributed by atoms with van der Waals surface area (Å²) in [6.07, 6.45) is 7.57. The maximum Gasteiger partial charge on any atom is 0.224 e. The Morgan fingerprint density at radius 1 is 1.21 bits per heavy atom. The molecule has 2 aliphatic rings. The lowest BCUT2D eigenvalue weighted by Crippen LogP contribution is -2.33. The molecule has 1 saturated carbocycles. The standard InChI is InChI=1S/C17H23N6OP.C7H16N2/c1-2-24-13-6-3-11(4-7-13)20-16-15(23-18)10-19-17(22-16)21-12-5-8-14(25)9-12;1-9-4-2-7(6-8)3-5-9/h3-4,6-7,10,12,14,18H,2,5,8-9,25H2,1H3,(H2,19,20,21,22);7H,2-6,8H2,1H3/t12?,14-;/m1./s1. The van der Waals surface area contributed by atoms with E-state index in [0.29, 0.717) is 35.8 Å². The predicted octanol–water partition coefficient (Wildman–Crippen LogP) is 4.78. The highest BCUT2D eigenvalue weighted by Crippen LogP contribution is 2.30. The van der Waals surface area contributed by atoms with Gasteiger partial charge in [0.2, 0.25) is 5.95 Å². The number of nitrogens with two attached hydrogens (primary N) is 1. The summed E-state index contributed by atoms with van der Waals surface area (Å²) in [5.74, 6) is 2.69. The Balaban J connectivity index is 0.000000302. The summed E-state index contributed by atoms with van der Waals surface area (Å²) in [5, 5.41) is 10.1. The summed E-state index contributed by atoms with van der Waals surface area (Å²) in [7, 11) is 5.05. The zero-order chi connectivity index (χ0) is 24.3. The lowest BCUT2D eigenvalue weighted by atomic mass is 9.98. The molecule has 0 amide bonds. The molecule has 10 heteroatoms. The molecule has 2 aromatic rings. The molecule has 4 rings (SSSR count). The average molecular weight is 487 g/mol. The molecule has 2 unspecified atom stereocenters. The molecule has 2 heterocycles. The normalized spacial score (nSPS) is 20.8.